The van der Waals surface area contributed by atoms with E-state index in [9.17, 15) is 5.11 Å². The van der Waals surface area contributed by atoms with Gasteiger partial charge >= 0.3 is 0 Å². The number of nitrogens with one attached hydrogen (secondary N) is 1. The molecular formula is C14H30N2O. The Morgan fingerprint density at radius 1 is 1.29 bits per heavy atom. The third-order valence-corrected chi connectivity index (χ3v) is 3.86. The zero-order valence-corrected chi connectivity index (χ0v) is 12.2. The normalized spacial score (nSPS) is 33.7. The Kier molecular flexibility index (Phi) is 5.42. The molecule has 3 heteroatoms. The summed E-state index contributed by atoms with van der Waals surface area (Å²) in [5.41, 5.74) is -0.635. The van der Waals surface area contributed by atoms with Crippen LogP contribution >= 0.6 is 0 Å². The van der Waals surface area contributed by atoms with Crippen LogP contribution in [0.2, 0.25) is 0 Å². The van der Waals surface area contributed by atoms with E-state index in [1.807, 2.05) is 25.9 Å². The molecule has 0 spiro atoms. The van der Waals surface area contributed by atoms with Gasteiger partial charge in [0.2, 0.25) is 0 Å². The van der Waals surface area contributed by atoms with Crippen molar-refractivity contribution >= 4 is 0 Å². The first-order valence-electron chi connectivity index (χ1n) is 6.90. The van der Waals surface area contributed by atoms with Crippen LogP contribution in [0.25, 0.3) is 0 Å². The zero-order valence-electron chi connectivity index (χ0n) is 12.2. The minimum absolute atomic E-state index is 0.576. The van der Waals surface area contributed by atoms with Crippen LogP contribution in [0, 0.1) is 11.8 Å². The Balaban J connectivity index is 2.38. The third-order valence-electron chi connectivity index (χ3n) is 3.86. The number of aliphatic hydroxyl groups is 1. The van der Waals surface area contributed by atoms with Gasteiger partial charge in [-0.15, -0.1) is 0 Å². The molecule has 4 unspecified atom stereocenters. The molecule has 17 heavy (non-hydrogen) atoms. The monoisotopic (exact) mass is 242 g/mol. The fraction of sp³-hybridized carbons (Fsp3) is 1.00. The van der Waals surface area contributed by atoms with Crippen molar-refractivity contribution in [3.8, 4) is 0 Å². The summed E-state index contributed by atoms with van der Waals surface area (Å²) >= 11 is 0. The van der Waals surface area contributed by atoms with E-state index in [1.165, 1.54) is 19.3 Å². The highest BCUT2D eigenvalue weighted by Crippen LogP contribution is 2.28. The second-order valence-electron chi connectivity index (χ2n) is 6.62. The molecule has 0 saturated heterocycles. The van der Waals surface area contributed by atoms with Crippen LogP contribution in [0.5, 0.6) is 0 Å². The summed E-state index contributed by atoms with van der Waals surface area (Å²) in [5.74, 6) is 1.56. The summed E-state index contributed by atoms with van der Waals surface area (Å²) in [6.07, 6.45) is 3.92. The molecule has 1 rings (SSSR count). The highest BCUT2D eigenvalue weighted by molar-refractivity contribution is 4.85. The van der Waals surface area contributed by atoms with Crippen LogP contribution in [0.4, 0.5) is 0 Å². The molecule has 0 heterocycles. The van der Waals surface area contributed by atoms with E-state index in [-0.39, 0.29) is 0 Å². The molecule has 1 aliphatic carbocycles. The molecule has 102 valence electrons. The lowest BCUT2D eigenvalue weighted by atomic mass is 9.80. The first kappa shape index (κ1) is 14.9. The number of nitrogens with zero attached hydrogens (tertiary/aromatic N) is 1. The van der Waals surface area contributed by atoms with Gasteiger partial charge in [-0.05, 0) is 45.7 Å². The molecule has 1 aliphatic rings. The van der Waals surface area contributed by atoms with Gasteiger partial charge in [-0.2, -0.15) is 0 Å². The highest BCUT2D eigenvalue weighted by Gasteiger charge is 2.28. The smallest absolute Gasteiger partial charge is 0.0869 e. The van der Waals surface area contributed by atoms with Crippen LogP contribution in [0.15, 0.2) is 0 Å². The fourth-order valence-corrected chi connectivity index (χ4v) is 2.90. The van der Waals surface area contributed by atoms with Gasteiger partial charge in [-0.25, -0.2) is 0 Å². The molecule has 0 aliphatic heterocycles. The topological polar surface area (TPSA) is 35.5 Å². The van der Waals surface area contributed by atoms with Crippen LogP contribution < -0.4 is 5.32 Å². The van der Waals surface area contributed by atoms with Crippen molar-refractivity contribution in [2.75, 3.05) is 27.2 Å². The minimum atomic E-state index is -0.635. The van der Waals surface area contributed by atoms with Crippen LogP contribution in [-0.2, 0) is 0 Å². The number of rotatable bonds is 5. The summed E-state index contributed by atoms with van der Waals surface area (Å²) in [7, 11) is 4.00. The quantitative estimate of drug-likeness (QED) is 0.770. The van der Waals surface area contributed by atoms with E-state index in [0.29, 0.717) is 19.1 Å². The molecule has 0 radical (unpaired) electrons. The zero-order chi connectivity index (χ0) is 13.1. The molecule has 0 bridgehead atoms. The van der Waals surface area contributed by atoms with Crippen molar-refractivity contribution in [3.05, 3.63) is 0 Å². The van der Waals surface area contributed by atoms with Gasteiger partial charge in [0.05, 0.1) is 5.60 Å². The Morgan fingerprint density at radius 3 is 2.53 bits per heavy atom. The summed E-state index contributed by atoms with van der Waals surface area (Å²) in [5, 5.41) is 13.8. The van der Waals surface area contributed by atoms with Gasteiger partial charge in [0.1, 0.15) is 0 Å². The summed E-state index contributed by atoms with van der Waals surface area (Å²) < 4.78 is 0. The van der Waals surface area contributed by atoms with Gasteiger partial charge in [-0.3, -0.25) is 0 Å². The van der Waals surface area contributed by atoms with Crippen molar-refractivity contribution < 1.29 is 5.11 Å². The van der Waals surface area contributed by atoms with Crippen molar-refractivity contribution in [2.24, 2.45) is 11.8 Å². The van der Waals surface area contributed by atoms with Gasteiger partial charge < -0.3 is 15.3 Å². The Hall–Kier alpha value is -0.120. The highest BCUT2D eigenvalue weighted by atomic mass is 16.3. The van der Waals surface area contributed by atoms with Crippen molar-refractivity contribution in [1.82, 2.24) is 10.2 Å². The lowest BCUT2D eigenvalue weighted by molar-refractivity contribution is 0.0270. The largest absolute Gasteiger partial charge is 0.388 e. The van der Waals surface area contributed by atoms with Gasteiger partial charge in [0, 0.05) is 19.1 Å². The van der Waals surface area contributed by atoms with Crippen LogP contribution in [-0.4, -0.2) is 48.8 Å². The molecule has 2 N–H and O–H groups in total. The summed E-state index contributed by atoms with van der Waals surface area (Å²) in [6.45, 7) is 7.96. The SMILES string of the molecule is CC1CCC(C)C(NCC(C)(O)CN(C)C)C1. The second-order valence-corrected chi connectivity index (χ2v) is 6.62. The molecule has 3 nitrogen and oxygen atoms in total. The molecule has 0 aromatic heterocycles. The number of hydrogen-bond acceptors (Lipinski definition) is 3. The average molecular weight is 242 g/mol. The molecule has 0 aromatic carbocycles. The van der Waals surface area contributed by atoms with Crippen LogP contribution in [0.1, 0.15) is 40.0 Å². The maximum Gasteiger partial charge on any atom is 0.0869 e. The first-order chi connectivity index (χ1) is 7.80. The van der Waals surface area contributed by atoms with Gasteiger partial charge in [0.15, 0.2) is 0 Å². The Morgan fingerprint density at radius 2 is 1.94 bits per heavy atom. The average Bonchev–Trinajstić information content (AvgIpc) is 2.17. The molecule has 4 atom stereocenters. The van der Waals surface area contributed by atoms with E-state index in [2.05, 4.69) is 19.2 Å². The van der Waals surface area contributed by atoms with E-state index >= 15 is 0 Å². The van der Waals surface area contributed by atoms with Gasteiger partial charge in [0.25, 0.3) is 0 Å². The predicted molar refractivity (Wildman–Crippen MR) is 73.1 cm³/mol. The molecule has 1 fully saturated rings. The van der Waals surface area contributed by atoms with E-state index in [4.69, 9.17) is 0 Å². The van der Waals surface area contributed by atoms with Crippen molar-refractivity contribution in [3.63, 3.8) is 0 Å². The van der Waals surface area contributed by atoms with Gasteiger partial charge in [-0.1, -0.05) is 20.3 Å². The van der Waals surface area contributed by atoms with Crippen molar-refractivity contribution in [1.29, 1.82) is 0 Å². The third kappa shape index (κ3) is 5.36. The predicted octanol–water partition coefficient (Wildman–Crippen LogP) is 1.71. The standard InChI is InChI=1S/C14H30N2O/c1-11-6-7-12(2)13(8-11)15-9-14(3,17)10-16(4)5/h11-13,15,17H,6-10H2,1-5H3. The Bertz CT molecular complexity index is 228. The Labute approximate surface area is 107 Å². The second kappa shape index (κ2) is 6.17. The number of likely N-dealkylation sites (N-methyl/N-ethyl adjacent to an activating group) is 1. The molecule has 0 amide bonds. The maximum atomic E-state index is 10.3. The number of hydrogen-bond donors (Lipinski definition) is 2. The van der Waals surface area contributed by atoms with Crippen molar-refractivity contribution in [2.45, 2.75) is 51.7 Å². The minimum Gasteiger partial charge on any atom is -0.388 e. The summed E-state index contributed by atoms with van der Waals surface area (Å²) in [4.78, 5) is 2.04. The lowest BCUT2D eigenvalue weighted by Crippen LogP contribution is -2.50. The fourth-order valence-electron chi connectivity index (χ4n) is 2.90. The summed E-state index contributed by atoms with van der Waals surface area (Å²) in [6, 6.07) is 0.576. The lowest BCUT2D eigenvalue weighted by Gasteiger charge is -2.36. The molecule has 1 saturated carbocycles. The van der Waals surface area contributed by atoms with E-state index in [0.717, 1.165) is 11.8 Å². The maximum absolute atomic E-state index is 10.3. The van der Waals surface area contributed by atoms with E-state index < -0.39 is 5.60 Å². The molecule has 0 aromatic rings. The molecular weight excluding hydrogens is 212 g/mol. The van der Waals surface area contributed by atoms with Crippen LogP contribution in [0.3, 0.4) is 0 Å². The van der Waals surface area contributed by atoms with E-state index in [1.54, 1.807) is 0 Å². The first-order valence-corrected chi connectivity index (χ1v) is 6.90.